The van der Waals surface area contributed by atoms with Gasteiger partial charge in [0.2, 0.25) is 5.91 Å². The van der Waals surface area contributed by atoms with E-state index in [2.05, 4.69) is 26.2 Å². The predicted octanol–water partition coefficient (Wildman–Crippen LogP) is 3.61. The summed E-state index contributed by atoms with van der Waals surface area (Å²) in [7, 11) is 1.48. The fourth-order valence-corrected chi connectivity index (χ4v) is 3.58. The fraction of sp³-hybridized carbons (Fsp3) is 0.294. The van der Waals surface area contributed by atoms with Crippen LogP contribution in [0, 0.1) is 13.8 Å². The Labute approximate surface area is 153 Å². The second kappa shape index (κ2) is 8.30. The number of carbonyl (C=O) groups excluding carboxylic acids is 1. The average molecular weight is 411 g/mol. The number of aryl methyl sites for hydroxylation is 2. The van der Waals surface area contributed by atoms with Crippen molar-refractivity contribution in [2.45, 2.75) is 20.3 Å². The number of carbonyl (C=O) groups is 1. The molecular weight excluding hydrogens is 392 g/mol. The molecule has 1 aromatic carbocycles. The van der Waals surface area contributed by atoms with Gasteiger partial charge in [0.25, 0.3) is 0 Å². The molecule has 24 heavy (non-hydrogen) atoms. The number of rotatable bonds is 6. The third-order valence-corrected chi connectivity index (χ3v) is 5.09. The highest BCUT2D eigenvalue weighted by atomic mass is 79.9. The maximum atomic E-state index is 11.9. The number of phenolic OH excluding ortho intramolecular Hbond substituents is 1. The Bertz CT molecular complexity index is 771. The average Bonchev–Trinajstić information content (AvgIpc) is 2.86. The summed E-state index contributed by atoms with van der Waals surface area (Å²) in [5.41, 5.74) is 1.78. The third-order valence-electron chi connectivity index (χ3n) is 3.35. The van der Waals surface area contributed by atoms with E-state index in [9.17, 15) is 9.90 Å². The molecule has 0 bridgehead atoms. The van der Waals surface area contributed by atoms with E-state index in [0.29, 0.717) is 16.8 Å². The third kappa shape index (κ3) is 4.82. The van der Waals surface area contributed by atoms with Crippen LogP contribution in [-0.4, -0.2) is 29.7 Å². The maximum absolute atomic E-state index is 11.9. The molecule has 0 saturated carbocycles. The number of amides is 1. The first kappa shape index (κ1) is 18.5. The van der Waals surface area contributed by atoms with Gasteiger partial charge in [-0.2, -0.15) is 0 Å². The van der Waals surface area contributed by atoms with Gasteiger partial charge in [0.1, 0.15) is 0 Å². The Hall–Kier alpha value is -1.86. The molecular formula is C17H19BrN2O3S. The van der Waals surface area contributed by atoms with E-state index in [1.165, 1.54) is 18.1 Å². The molecule has 0 aliphatic heterocycles. The van der Waals surface area contributed by atoms with Crippen molar-refractivity contribution < 1.29 is 14.6 Å². The summed E-state index contributed by atoms with van der Waals surface area (Å²) in [4.78, 5) is 17.5. The van der Waals surface area contributed by atoms with E-state index in [1.54, 1.807) is 29.5 Å². The molecule has 2 rings (SSSR count). The van der Waals surface area contributed by atoms with E-state index in [0.717, 1.165) is 22.7 Å². The van der Waals surface area contributed by atoms with Crippen molar-refractivity contribution in [1.82, 2.24) is 10.3 Å². The number of nitrogens with one attached hydrogen (secondary N) is 1. The van der Waals surface area contributed by atoms with E-state index in [-0.39, 0.29) is 11.7 Å². The topological polar surface area (TPSA) is 71.5 Å². The first-order valence-corrected chi connectivity index (χ1v) is 8.97. The van der Waals surface area contributed by atoms with E-state index in [1.807, 2.05) is 13.8 Å². The summed E-state index contributed by atoms with van der Waals surface area (Å²) in [5.74, 6) is 0.215. The van der Waals surface area contributed by atoms with Gasteiger partial charge in [-0.1, -0.05) is 0 Å². The van der Waals surface area contributed by atoms with Crippen molar-refractivity contribution in [3.05, 3.63) is 43.8 Å². The molecule has 1 heterocycles. The fourth-order valence-electron chi connectivity index (χ4n) is 2.18. The molecule has 128 valence electrons. The van der Waals surface area contributed by atoms with Crippen LogP contribution >= 0.6 is 27.3 Å². The summed E-state index contributed by atoms with van der Waals surface area (Å²) in [6.45, 7) is 4.53. The largest absolute Gasteiger partial charge is 0.503 e. The maximum Gasteiger partial charge on any atom is 0.244 e. The van der Waals surface area contributed by atoms with E-state index in [4.69, 9.17) is 4.74 Å². The number of thiazole rings is 1. The Morgan fingerprint density at radius 1 is 1.46 bits per heavy atom. The first-order valence-electron chi connectivity index (χ1n) is 7.36. The van der Waals surface area contributed by atoms with Gasteiger partial charge in [-0.3, -0.25) is 4.79 Å². The molecule has 2 N–H and O–H groups in total. The summed E-state index contributed by atoms with van der Waals surface area (Å²) < 4.78 is 5.59. The number of halogens is 1. The monoisotopic (exact) mass is 410 g/mol. The summed E-state index contributed by atoms with van der Waals surface area (Å²) in [5, 5.41) is 13.7. The number of methoxy groups -OCH3 is 1. The molecule has 0 fully saturated rings. The lowest BCUT2D eigenvalue weighted by Gasteiger charge is -2.06. The van der Waals surface area contributed by atoms with Gasteiger partial charge in [-0.15, -0.1) is 11.3 Å². The molecule has 0 spiro atoms. The lowest BCUT2D eigenvalue weighted by molar-refractivity contribution is -0.116. The minimum atomic E-state index is -0.169. The highest BCUT2D eigenvalue weighted by Gasteiger charge is 2.08. The first-order chi connectivity index (χ1) is 11.4. The lowest BCUT2D eigenvalue weighted by atomic mass is 10.2. The zero-order valence-electron chi connectivity index (χ0n) is 13.7. The number of aromatic hydroxyl groups is 1. The summed E-state index contributed by atoms with van der Waals surface area (Å²) in [6.07, 6.45) is 3.91. The van der Waals surface area contributed by atoms with Gasteiger partial charge >= 0.3 is 0 Å². The van der Waals surface area contributed by atoms with Crippen LogP contribution in [0.2, 0.25) is 0 Å². The van der Waals surface area contributed by atoms with Crippen LogP contribution in [0.4, 0.5) is 0 Å². The molecule has 2 aromatic rings. The molecule has 0 aliphatic rings. The smallest absolute Gasteiger partial charge is 0.244 e. The lowest BCUT2D eigenvalue weighted by Crippen LogP contribution is -2.23. The van der Waals surface area contributed by atoms with Crippen LogP contribution in [0.15, 0.2) is 22.7 Å². The number of benzene rings is 1. The van der Waals surface area contributed by atoms with Crippen LogP contribution in [0.25, 0.3) is 6.08 Å². The highest BCUT2D eigenvalue weighted by molar-refractivity contribution is 9.10. The molecule has 0 saturated heterocycles. The van der Waals surface area contributed by atoms with Crippen molar-refractivity contribution in [1.29, 1.82) is 0 Å². The van der Waals surface area contributed by atoms with Crippen molar-refractivity contribution in [3.8, 4) is 11.5 Å². The Morgan fingerprint density at radius 2 is 2.21 bits per heavy atom. The van der Waals surface area contributed by atoms with Crippen molar-refractivity contribution in [3.63, 3.8) is 0 Å². The Balaban J connectivity index is 1.91. The second-order valence-corrected chi connectivity index (χ2v) is 7.31. The van der Waals surface area contributed by atoms with Crippen molar-refractivity contribution in [2.75, 3.05) is 13.7 Å². The number of phenols is 1. The molecule has 5 nitrogen and oxygen atoms in total. The van der Waals surface area contributed by atoms with Gasteiger partial charge in [-0.25, -0.2) is 4.98 Å². The molecule has 7 heteroatoms. The second-order valence-electron chi connectivity index (χ2n) is 5.17. The molecule has 1 aromatic heterocycles. The number of ether oxygens (including phenoxy) is 1. The number of nitrogens with zero attached hydrogens (tertiary/aromatic N) is 1. The summed E-state index contributed by atoms with van der Waals surface area (Å²) in [6, 6.07) is 3.37. The highest BCUT2D eigenvalue weighted by Crippen LogP contribution is 2.35. The van der Waals surface area contributed by atoms with Crippen LogP contribution in [-0.2, 0) is 11.2 Å². The normalized spacial score (nSPS) is 11.0. The minimum absolute atomic E-state index is 0.0364. The Morgan fingerprint density at radius 3 is 2.83 bits per heavy atom. The van der Waals surface area contributed by atoms with Crippen molar-refractivity contribution in [2.24, 2.45) is 0 Å². The zero-order chi connectivity index (χ0) is 17.7. The van der Waals surface area contributed by atoms with Gasteiger partial charge in [0.05, 0.1) is 22.3 Å². The SMILES string of the molecule is COc1cc(C=CC(=O)NCCc2sc(C)nc2C)cc(Br)c1O. The van der Waals surface area contributed by atoms with E-state index < -0.39 is 0 Å². The number of aromatic nitrogens is 1. The standard InChI is InChI=1S/C17H19BrN2O3S/c1-10-15(24-11(2)20-10)6-7-19-16(21)5-4-12-8-13(18)17(22)14(9-12)23-3/h4-5,8-9,22H,6-7H2,1-3H3,(H,19,21). The van der Waals surface area contributed by atoms with Crippen LogP contribution in [0.1, 0.15) is 21.1 Å². The van der Waals surface area contributed by atoms with Crippen LogP contribution < -0.4 is 10.1 Å². The Kier molecular flexibility index (Phi) is 6.39. The summed E-state index contributed by atoms with van der Waals surface area (Å²) >= 11 is 4.91. The van der Waals surface area contributed by atoms with Crippen LogP contribution in [0.3, 0.4) is 0 Å². The van der Waals surface area contributed by atoms with Gasteiger partial charge in [0, 0.05) is 23.9 Å². The van der Waals surface area contributed by atoms with Gasteiger partial charge in [0.15, 0.2) is 11.5 Å². The minimum Gasteiger partial charge on any atom is -0.503 e. The molecule has 0 atom stereocenters. The predicted molar refractivity (Wildman–Crippen MR) is 99.7 cm³/mol. The van der Waals surface area contributed by atoms with E-state index >= 15 is 0 Å². The molecule has 0 unspecified atom stereocenters. The zero-order valence-corrected chi connectivity index (χ0v) is 16.1. The van der Waals surface area contributed by atoms with Crippen molar-refractivity contribution >= 4 is 39.2 Å². The molecule has 0 aliphatic carbocycles. The molecule has 0 radical (unpaired) electrons. The molecule has 1 amide bonds. The van der Waals surface area contributed by atoms with Gasteiger partial charge < -0.3 is 15.2 Å². The quantitative estimate of drug-likeness (QED) is 0.713. The number of hydrogen-bond acceptors (Lipinski definition) is 5. The van der Waals surface area contributed by atoms with Gasteiger partial charge in [-0.05, 0) is 53.5 Å². The van der Waals surface area contributed by atoms with Crippen LogP contribution in [0.5, 0.6) is 11.5 Å². The number of hydrogen-bond donors (Lipinski definition) is 2.